The third-order valence-corrected chi connectivity index (χ3v) is 9.34. The molecule has 1 aliphatic rings. The van der Waals surface area contributed by atoms with Crippen LogP contribution in [0.2, 0.25) is 0 Å². The Morgan fingerprint density at radius 3 is 2.36 bits per heavy atom. The molecule has 0 bridgehead atoms. The lowest BCUT2D eigenvalue weighted by atomic mass is 9.78. The van der Waals surface area contributed by atoms with Crippen molar-refractivity contribution in [2.75, 3.05) is 14.2 Å². The zero-order valence-electron chi connectivity index (χ0n) is 29.6. The quantitative estimate of drug-likeness (QED) is 0.0310. The molecular formula is C37H62N4O4. The van der Waals surface area contributed by atoms with Crippen LogP contribution in [0.4, 0.5) is 0 Å². The summed E-state index contributed by atoms with van der Waals surface area (Å²) in [7, 11) is 3.28. The van der Waals surface area contributed by atoms with Crippen molar-refractivity contribution < 1.29 is 19.1 Å². The van der Waals surface area contributed by atoms with Crippen LogP contribution in [0.15, 0.2) is 52.8 Å². The highest BCUT2D eigenvalue weighted by Crippen LogP contribution is 2.34. The third-order valence-electron chi connectivity index (χ3n) is 9.34. The van der Waals surface area contributed by atoms with Crippen LogP contribution in [0.3, 0.4) is 0 Å². The number of Topliss-reactive ketones (excluding diaryl/α,β-unsaturated/α-hetero) is 2. The lowest BCUT2D eigenvalue weighted by molar-refractivity contribution is -0.132. The summed E-state index contributed by atoms with van der Waals surface area (Å²) in [6, 6.07) is -0.0685. The van der Waals surface area contributed by atoms with Gasteiger partial charge in [-0.15, -0.1) is 0 Å². The maximum Gasteiger partial charge on any atom is 0.164 e. The lowest BCUT2D eigenvalue weighted by Crippen LogP contribution is -2.45. The van der Waals surface area contributed by atoms with Gasteiger partial charge in [0.05, 0.1) is 12.1 Å². The van der Waals surface area contributed by atoms with Crippen LogP contribution >= 0.6 is 0 Å². The zero-order chi connectivity index (χ0) is 33.9. The van der Waals surface area contributed by atoms with Crippen LogP contribution in [0.5, 0.6) is 0 Å². The highest BCUT2D eigenvalue weighted by atomic mass is 16.5. The molecule has 0 radical (unpaired) electrons. The minimum absolute atomic E-state index is 0.0581. The van der Waals surface area contributed by atoms with Gasteiger partial charge in [-0.3, -0.25) is 15.0 Å². The summed E-state index contributed by atoms with van der Waals surface area (Å²) < 4.78 is 11.3. The van der Waals surface area contributed by atoms with Gasteiger partial charge in [-0.25, -0.2) is 5.01 Å². The van der Waals surface area contributed by atoms with Gasteiger partial charge in [0, 0.05) is 38.9 Å². The van der Waals surface area contributed by atoms with E-state index in [1.54, 1.807) is 14.2 Å². The number of hydrogen-bond acceptors (Lipinski definition) is 7. The molecule has 0 amide bonds. The molecule has 2 N–H and O–H groups in total. The Morgan fingerprint density at radius 2 is 1.76 bits per heavy atom. The van der Waals surface area contributed by atoms with Gasteiger partial charge in [-0.2, -0.15) is 5.53 Å². The molecule has 1 aliphatic carbocycles. The van der Waals surface area contributed by atoms with E-state index in [1.807, 2.05) is 32.9 Å². The minimum atomic E-state index is -0.510. The second-order valence-electron chi connectivity index (χ2n) is 13.4. The standard InChI is InChI=1S/C37H62N4O4/c1-10-26(2)14-12-11-13-15-27(3)20-31(7)37(43)36(45-9)23-29(5)21-30(6)34(42)19-16-28(4)22-32-17-18-33(35(24-32)44-8)41(25-38)40-39/h11-15,21,25,27-28,30-33,35-36,38-39H,10,16-20,22-24H2,1-9H3/b12-11+,15-13+,26-14+,29-21+,38-25?,40-39?/t27-,28+,30-,31?,32?,33?,35?,36?/m1/s1. The lowest BCUT2D eigenvalue weighted by Gasteiger charge is -2.38. The summed E-state index contributed by atoms with van der Waals surface area (Å²) in [5, 5.41) is 12.3. The molecule has 45 heavy (non-hydrogen) atoms. The van der Waals surface area contributed by atoms with Crippen molar-refractivity contribution in [2.45, 2.75) is 125 Å². The maximum absolute atomic E-state index is 13.2. The molecule has 0 aliphatic heterocycles. The Hall–Kier alpha value is -2.71. The van der Waals surface area contributed by atoms with E-state index < -0.39 is 6.10 Å². The third kappa shape index (κ3) is 15.0. The average molecular weight is 627 g/mol. The van der Waals surface area contributed by atoms with E-state index in [1.165, 1.54) is 10.6 Å². The van der Waals surface area contributed by atoms with Gasteiger partial charge in [0.15, 0.2) is 5.78 Å². The number of nitrogens with one attached hydrogen (secondary N) is 2. The summed E-state index contributed by atoms with van der Waals surface area (Å²) in [4.78, 5) is 26.2. The molecule has 0 aromatic heterocycles. The number of allylic oxidation sites excluding steroid dienone is 7. The van der Waals surface area contributed by atoms with Gasteiger partial charge in [0.2, 0.25) is 0 Å². The predicted molar refractivity (Wildman–Crippen MR) is 184 cm³/mol. The summed E-state index contributed by atoms with van der Waals surface area (Å²) in [5.74, 6) is 1.20. The van der Waals surface area contributed by atoms with Gasteiger partial charge in [-0.1, -0.05) is 87.4 Å². The molecule has 1 rings (SSSR count). The molecular weight excluding hydrogens is 564 g/mol. The Kier molecular flexibility index (Phi) is 19.6. The number of ether oxygens (including phenoxy) is 2. The number of carbonyl (C=O) groups excluding carboxylic acids is 2. The van der Waals surface area contributed by atoms with Gasteiger partial charge < -0.3 is 9.47 Å². The molecule has 254 valence electrons. The van der Waals surface area contributed by atoms with E-state index in [-0.39, 0.29) is 41.5 Å². The first-order valence-electron chi connectivity index (χ1n) is 16.9. The van der Waals surface area contributed by atoms with Crippen molar-refractivity contribution in [1.29, 1.82) is 10.9 Å². The molecule has 8 heteroatoms. The minimum Gasteiger partial charge on any atom is -0.379 e. The Balaban J connectivity index is 2.57. The largest absolute Gasteiger partial charge is 0.379 e. The number of ketones is 2. The van der Waals surface area contributed by atoms with Crippen molar-refractivity contribution in [3.05, 3.63) is 47.6 Å². The Labute approximate surface area is 273 Å². The van der Waals surface area contributed by atoms with E-state index in [4.69, 9.17) is 20.4 Å². The van der Waals surface area contributed by atoms with Gasteiger partial charge in [-0.05, 0) is 76.5 Å². The van der Waals surface area contributed by atoms with Crippen molar-refractivity contribution in [3.63, 3.8) is 0 Å². The highest BCUT2D eigenvalue weighted by Gasteiger charge is 2.34. The van der Waals surface area contributed by atoms with Crippen LogP contribution in [0, 0.1) is 40.5 Å². The molecule has 5 unspecified atom stereocenters. The molecule has 0 aromatic rings. The Bertz CT molecular complexity index is 1040. The van der Waals surface area contributed by atoms with Crippen LogP contribution < -0.4 is 0 Å². The van der Waals surface area contributed by atoms with E-state index >= 15 is 0 Å². The fourth-order valence-electron chi connectivity index (χ4n) is 6.37. The molecule has 0 spiro atoms. The first kappa shape index (κ1) is 40.3. The average Bonchev–Trinajstić information content (AvgIpc) is 3.02. The van der Waals surface area contributed by atoms with E-state index in [0.29, 0.717) is 24.7 Å². The predicted octanol–water partition coefficient (Wildman–Crippen LogP) is 9.09. The van der Waals surface area contributed by atoms with Crippen LogP contribution in [-0.2, 0) is 19.1 Å². The van der Waals surface area contributed by atoms with Gasteiger partial charge in [0.1, 0.15) is 18.2 Å². The fraction of sp³-hybridized carbons (Fsp3) is 0.703. The highest BCUT2D eigenvalue weighted by molar-refractivity contribution is 5.85. The topological polar surface area (TPSA) is 116 Å². The summed E-state index contributed by atoms with van der Waals surface area (Å²) in [6.07, 6.45) is 20.4. The molecule has 8 nitrogen and oxygen atoms in total. The van der Waals surface area contributed by atoms with E-state index in [0.717, 1.165) is 56.9 Å². The zero-order valence-corrected chi connectivity index (χ0v) is 29.6. The second-order valence-corrected chi connectivity index (χ2v) is 13.4. The Morgan fingerprint density at radius 1 is 1.04 bits per heavy atom. The van der Waals surface area contributed by atoms with Crippen LogP contribution in [0.1, 0.15) is 106 Å². The maximum atomic E-state index is 13.2. The number of methoxy groups -OCH3 is 2. The number of hydrogen-bond donors (Lipinski definition) is 2. The summed E-state index contributed by atoms with van der Waals surface area (Å²) >= 11 is 0. The smallest absolute Gasteiger partial charge is 0.164 e. The first-order valence-corrected chi connectivity index (χ1v) is 16.9. The summed E-state index contributed by atoms with van der Waals surface area (Å²) in [6.45, 7) is 14.5. The van der Waals surface area contributed by atoms with Crippen molar-refractivity contribution in [2.24, 2.45) is 34.8 Å². The second kappa shape index (κ2) is 21.9. The van der Waals surface area contributed by atoms with Gasteiger partial charge in [0.25, 0.3) is 0 Å². The van der Waals surface area contributed by atoms with E-state index in [2.05, 4.69) is 57.2 Å². The molecule has 8 atom stereocenters. The van der Waals surface area contributed by atoms with Crippen molar-refractivity contribution in [1.82, 2.24) is 5.01 Å². The molecule has 1 saturated carbocycles. The first-order chi connectivity index (χ1) is 21.4. The van der Waals surface area contributed by atoms with E-state index in [9.17, 15) is 9.59 Å². The fourth-order valence-corrected chi connectivity index (χ4v) is 6.37. The molecule has 0 heterocycles. The van der Waals surface area contributed by atoms with Crippen molar-refractivity contribution >= 4 is 17.9 Å². The van der Waals surface area contributed by atoms with Crippen LogP contribution in [0.25, 0.3) is 0 Å². The SMILES string of the molecule is CC/C(C)=C/C=C/C=C/[C@@H](C)CC(C)C(=O)C(C/C(C)=C/[C@@H](C)C(=O)CC[C@H](C)CC1CCC(N(C=N)N=N)C(OC)C1)OC. The molecule has 1 fully saturated rings. The van der Waals surface area contributed by atoms with Crippen LogP contribution in [-0.4, -0.2) is 55.4 Å². The monoisotopic (exact) mass is 626 g/mol. The number of nitrogens with zero attached hydrogens (tertiary/aromatic N) is 2. The molecule has 0 aromatic carbocycles. The number of rotatable bonds is 22. The van der Waals surface area contributed by atoms with Gasteiger partial charge >= 0.3 is 0 Å². The van der Waals surface area contributed by atoms with Crippen molar-refractivity contribution in [3.8, 4) is 0 Å². The molecule has 0 saturated heterocycles. The normalized spacial score (nSPS) is 23.0. The number of carbonyl (C=O) groups is 2. The summed E-state index contributed by atoms with van der Waals surface area (Å²) in [5.41, 5.74) is 9.67.